The molecule has 4 rings (SSSR count). The van der Waals surface area contributed by atoms with Crippen molar-refractivity contribution in [2.75, 3.05) is 5.73 Å². The average Bonchev–Trinajstić information content (AvgIpc) is 2.55. The Morgan fingerprint density at radius 2 is 1.82 bits per heavy atom. The van der Waals surface area contributed by atoms with Crippen molar-refractivity contribution in [1.82, 2.24) is 9.97 Å². The minimum atomic E-state index is 0.329. The lowest BCUT2D eigenvalue weighted by Crippen LogP contribution is -2.14. The number of nitrogens with zero attached hydrogens (tertiary/aromatic N) is 2. The van der Waals surface area contributed by atoms with E-state index in [1.807, 2.05) is 25.3 Å². The fourth-order valence-electron chi connectivity index (χ4n) is 3.25. The van der Waals surface area contributed by atoms with Crippen LogP contribution in [0.1, 0.15) is 28.4 Å². The molecule has 1 heterocycles. The summed E-state index contributed by atoms with van der Waals surface area (Å²) in [7, 11) is 0. The van der Waals surface area contributed by atoms with E-state index in [0.29, 0.717) is 5.92 Å². The second kappa shape index (κ2) is 4.95. The van der Waals surface area contributed by atoms with Crippen molar-refractivity contribution in [2.45, 2.75) is 19.3 Å². The largest absolute Gasteiger partial charge is 0.399 e. The number of hydrogen-bond acceptors (Lipinski definition) is 3. The van der Waals surface area contributed by atoms with Gasteiger partial charge in [0.15, 0.2) is 0 Å². The van der Waals surface area contributed by atoms with Gasteiger partial charge in [0.2, 0.25) is 0 Å². The molecule has 3 nitrogen and oxygen atoms in total. The van der Waals surface area contributed by atoms with Gasteiger partial charge in [0, 0.05) is 23.4 Å². The number of nitrogens with two attached hydrogens (primary N) is 1. The van der Waals surface area contributed by atoms with Crippen molar-refractivity contribution in [2.24, 2.45) is 0 Å². The summed E-state index contributed by atoms with van der Waals surface area (Å²) in [6.07, 6.45) is 2.90. The van der Waals surface area contributed by atoms with Crippen molar-refractivity contribution in [3.63, 3.8) is 0 Å². The van der Waals surface area contributed by atoms with Gasteiger partial charge < -0.3 is 5.73 Å². The lowest BCUT2D eigenvalue weighted by Gasteiger charge is -2.27. The number of aromatic nitrogens is 2. The van der Waals surface area contributed by atoms with E-state index in [4.69, 9.17) is 5.73 Å². The molecule has 1 unspecified atom stereocenters. The van der Waals surface area contributed by atoms with Crippen molar-refractivity contribution in [3.8, 4) is 11.3 Å². The van der Waals surface area contributed by atoms with Crippen LogP contribution in [-0.4, -0.2) is 9.97 Å². The number of fused-ring (bicyclic) bond motifs is 3. The molecule has 0 amide bonds. The molecule has 1 aliphatic carbocycles. The Kier molecular flexibility index (Phi) is 2.93. The molecule has 0 fully saturated rings. The highest BCUT2D eigenvalue weighted by Crippen LogP contribution is 2.41. The van der Waals surface area contributed by atoms with Gasteiger partial charge in [0.25, 0.3) is 0 Å². The molecular weight excluding hydrogens is 270 g/mol. The Bertz CT molecular complexity index is 838. The highest BCUT2D eigenvalue weighted by atomic mass is 14.9. The highest BCUT2D eigenvalue weighted by Gasteiger charge is 2.26. The first kappa shape index (κ1) is 13.0. The number of hydrogen-bond donors (Lipinski definition) is 1. The van der Waals surface area contributed by atoms with Gasteiger partial charge in [-0.1, -0.05) is 36.4 Å². The first-order chi connectivity index (χ1) is 10.7. The molecule has 1 atom stereocenters. The molecular formula is C19H17N3. The third kappa shape index (κ3) is 2.06. The Labute approximate surface area is 129 Å². The van der Waals surface area contributed by atoms with Gasteiger partial charge in [0.05, 0.1) is 5.69 Å². The van der Waals surface area contributed by atoms with Crippen LogP contribution < -0.4 is 5.73 Å². The summed E-state index contributed by atoms with van der Waals surface area (Å²) >= 11 is 0. The maximum absolute atomic E-state index is 5.82. The Hall–Kier alpha value is -2.68. The van der Waals surface area contributed by atoms with Gasteiger partial charge >= 0.3 is 0 Å². The van der Waals surface area contributed by atoms with Crippen LogP contribution in [0.5, 0.6) is 0 Å². The molecule has 0 saturated carbocycles. The topological polar surface area (TPSA) is 51.8 Å². The zero-order valence-electron chi connectivity index (χ0n) is 12.5. The maximum Gasteiger partial charge on any atom is 0.125 e. The molecule has 0 saturated heterocycles. The summed E-state index contributed by atoms with van der Waals surface area (Å²) in [5, 5.41) is 0. The molecule has 0 radical (unpaired) electrons. The first-order valence-electron chi connectivity index (χ1n) is 7.49. The highest BCUT2D eigenvalue weighted by molar-refractivity contribution is 5.71. The summed E-state index contributed by atoms with van der Waals surface area (Å²) in [6.45, 7) is 1.94. The number of aryl methyl sites for hydroxylation is 1. The van der Waals surface area contributed by atoms with E-state index in [1.165, 1.54) is 22.3 Å². The van der Waals surface area contributed by atoms with Crippen molar-refractivity contribution < 1.29 is 0 Å². The van der Waals surface area contributed by atoms with Crippen LogP contribution in [0.25, 0.3) is 11.3 Å². The predicted molar refractivity (Wildman–Crippen MR) is 88.6 cm³/mol. The van der Waals surface area contributed by atoms with Crippen molar-refractivity contribution in [3.05, 3.63) is 77.2 Å². The molecule has 1 aliphatic rings. The molecule has 2 aromatic carbocycles. The minimum absolute atomic E-state index is 0.329. The van der Waals surface area contributed by atoms with Crippen LogP contribution in [0.3, 0.4) is 0 Å². The maximum atomic E-state index is 5.82. The van der Waals surface area contributed by atoms with Crippen LogP contribution in [0.2, 0.25) is 0 Å². The number of rotatable bonds is 1. The number of anilines is 1. The third-order valence-electron chi connectivity index (χ3n) is 4.34. The summed E-state index contributed by atoms with van der Waals surface area (Å²) in [6, 6.07) is 16.7. The summed E-state index contributed by atoms with van der Waals surface area (Å²) in [4.78, 5) is 9.04. The molecule has 1 aromatic heterocycles. The smallest absolute Gasteiger partial charge is 0.125 e. The van der Waals surface area contributed by atoms with Crippen LogP contribution >= 0.6 is 0 Å². The number of nitrogen functional groups attached to an aromatic ring is 1. The van der Waals surface area contributed by atoms with Gasteiger partial charge in [0.1, 0.15) is 5.82 Å². The summed E-state index contributed by atoms with van der Waals surface area (Å²) in [5.74, 6) is 1.15. The fourth-order valence-corrected chi connectivity index (χ4v) is 3.25. The first-order valence-corrected chi connectivity index (χ1v) is 7.49. The quantitative estimate of drug-likeness (QED) is 0.694. The molecule has 2 N–H and O–H groups in total. The lowest BCUT2D eigenvalue weighted by atomic mass is 9.78. The normalized spacial score (nSPS) is 16.0. The molecule has 0 aliphatic heterocycles. The van der Waals surface area contributed by atoms with E-state index in [0.717, 1.165) is 23.6 Å². The predicted octanol–water partition coefficient (Wildman–Crippen LogP) is 3.72. The van der Waals surface area contributed by atoms with Gasteiger partial charge in [-0.25, -0.2) is 9.97 Å². The molecule has 22 heavy (non-hydrogen) atoms. The monoisotopic (exact) mass is 287 g/mol. The summed E-state index contributed by atoms with van der Waals surface area (Å²) in [5.41, 5.74) is 12.7. The fraction of sp³-hybridized carbons (Fsp3) is 0.158. The van der Waals surface area contributed by atoms with Crippen molar-refractivity contribution in [1.29, 1.82) is 0 Å². The van der Waals surface area contributed by atoms with Crippen LogP contribution in [0.4, 0.5) is 5.69 Å². The summed E-state index contributed by atoms with van der Waals surface area (Å²) < 4.78 is 0. The van der Waals surface area contributed by atoms with E-state index in [2.05, 4.69) is 46.4 Å². The molecule has 0 bridgehead atoms. The van der Waals surface area contributed by atoms with E-state index < -0.39 is 0 Å². The van der Waals surface area contributed by atoms with Crippen LogP contribution in [-0.2, 0) is 6.42 Å². The van der Waals surface area contributed by atoms with Gasteiger partial charge in [-0.2, -0.15) is 0 Å². The lowest BCUT2D eigenvalue weighted by molar-refractivity contribution is 0.778. The Morgan fingerprint density at radius 3 is 2.64 bits per heavy atom. The number of benzene rings is 2. The van der Waals surface area contributed by atoms with Crippen LogP contribution in [0, 0.1) is 6.92 Å². The van der Waals surface area contributed by atoms with Gasteiger partial charge in [-0.3, -0.25) is 0 Å². The van der Waals surface area contributed by atoms with E-state index in [1.54, 1.807) is 0 Å². The average molecular weight is 287 g/mol. The molecule has 108 valence electrons. The van der Waals surface area contributed by atoms with E-state index in [9.17, 15) is 0 Å². The zero-order chi connectivity index (χ0) is 15.1. The zero-order valence-corrected chi connectivity index (χ0v) is 12.5. The molecule has 3 aromatic rings. The van der Waals surface area contributed by atoms with E-state index in [-0.39, 0.29) is 0 Å². The SMILES string of the molecule is Cc1ncc2c(n1)-c1ccccc1C(c1ccc(N)cc1)C2. The molecule has 3 heteroatoms. The standard InChI is InChI=1S/C19H17N3/c1-12-21-11-14-10-18(13-6-8-15(20)9-7-13)16-4-2-3-5-17(16)19(14)22-12/h2-9,11,18H,10,20H2,1H3. The minimum Gasteiger partial charge on any atom is -0.399 e. The Morgan fingerprint density at radius 1 is 1.05 bits per heavy atom. The van der Waals surface area contributed by atoms with E-state index >= 15 is 0 Å². The Balaban J connectivity index is 1.90. The van der Waals surface area contributed by atoms with Gasteiger partial charge in [-0.05, 0) is 42.2 Å². The van der Waals surface area contributed by atoms with Crippen LogP contribution in [0.15, 0.2) is 54.7 Å². The van der Waals surface area contributed by atoms with Crippen molar-refractivity contribution >= 4 is 5.69 Å². The van der Waals surface area contributed by atoms with Gasteiger partial charge in [-0.15, -0.1) is 0 Å². The molecule has 0 spiro atoms. The second-order valence-corrected chi connectivity index (χ2v) is 5.80. The third-order valence-corrected chi connectivity index (χ3v) is 4.34. The second-order valence-electron chi connectivity index (χ2n) is 5.80.